The first-order valence-electron chi connectivity index (χ1n) is 12.1. The van der Waals surface area contributed by atoms with E-state index in [1.165, 1.54) is 19.3 Å². The highest BCUT2D eigenvalue weighted by Crippen LogP contribution is 2.60. The van der Waals surface area contributed by atoms with Crippen LogP contribution in [-0.4, -0.2) is 57.4 Å². The predicted octanol–water partition coefficient (Wildman–Crippen LogP) is 0.955. The second-order valence-corrected chi connectivity index (χ2v) is 10.2. The fourth-order valence-corrected chi connectivity index (χ4v) is 6.81. The van der Waals surface area contributed by atoms with Crippen LogP contribution < -0.4 is 27.2 Å². The van der Waals surface area contributed by atoms with Gasteiger partial charge in [-0.05, 0) is 74.8 Å². The van der Waals surface area contributed by atoms with Gasteiger partial charge in [-0.15, -0.1) is 0 Å². The highest BCUT2D eigenvalue weighted by molar-refractivity contribution is 5.96. The number of anilines is 1. The lowest BCUT2D eigenvalue weighted by Crippen LogP contribution is -3.00. The van der Waals surface area contributed by atoms with Gasteiger partial charge in [0.1, 0.15) is 0 Å². The van der Waals surface area contributed by atoms with E-state index in [-0.39, 0.29) is 23.7 Å². The van der Waals surface area contributed by atoms with Gasteiger partial charge in [-0.3, -0.25) is 9.69 Å². The van der Waals surface area contributed by atoms with Crippen molar-refractivity contribution in [3.8, 4) is 11.5 Å². The van der Waals surface area contributed by atoms with Crippen LogP contribution in [0.25, 0.3) is 0 Å². The summed E-state index contributed by atoms with van der Waals surface area (Å²) in [5, 5.41) is 3.22. The summed E-state index contributed by atoms with van der Waals surface area (Å²) in [6, 6.07) is 5.76. The summed E-state index contributed by atoms with van der Waals surface area (Å²) in [6.45, 7) is 5.32. The van der Waals surface area contributed by atoms with Gasteiger partial charge < -0.3 is 31.9 Å². The van der Waals surface area contributed by atoms with E-state index in [4.69, 9.17) is 14.2 Å². The third-order valence-corrected chi connectivity index (χ3v) is 7.92. The Labute approximate surface area is 197 Å². The molecule has 5 aliphatic rings. The zero-order chi connectivity index (χ0) is 21.3. The molecule has 5 fully saturated rings. The number of ether oxygens (including phenoxy) is 3. The van der Waals surface area contributed by atoms with Crippen molar-refractivity contribution in [2.75, 3.05) is 51.9 Å². The predicted molar refractivity (Wildman–Crippen MR) is 120 cm³/mol. The van der Waals surface area contributed by atoms with E-state index in [1.54, 1.807) is 7.11 Å². The Morgan fingerprint density at radius 3 is 2.38 bits per heavy atom. The van der Waals surface area contributed by atoms with E-state index in [1.807, 2.05) is 18.2 Å². The fourth-order valence-electron chi connectivity index (χ4n) is 6.81. The number of amides is 1. The maximum Gasteiger partial charge on any atom is 0.230 e. The molecule has 0 radical (unpaired) electrons. The number of nitrogens with one attached hydrogen (secondary N) is 1. The molecule has 1 saturated heterocycles. The largest absolute Gasteiger partial charge is 1.00 e. The molecule has 1 heterocycles. The van der Waals surface area contributed by atoms with E-state index in [9.17, 15) is 4.79 Å². The van der Waals surface area contributed by atoms with Crippen molar-refractivity contribution in [2.45, 2.75) is 44.9 Å². The average Bonchev–Trinajstić information content (AvgIpc) is 2.77. The first-order valence-corrected chi connectivity index (χ1v) is 12.1. The molecule has 4 bridgehead atoms. The number of carbonyl (C=O) groups excluding carboxylic acids is 1. The molecule has 0 aromatic heterocycles. The number of halogens is 1. The minimum atomic E-state index is -0.142. The SMILES string of the molecule is COc1cc(NC(=O)C23CC4CC(CC(C4)C2)C3)ccc1OCCCN1CCOCC1.[Cl-]. The van der Waals surface area contributed by atoms with Crippen LogP contribution in [0.15, 0.2) is 18.2 Å². The number of hydrogen-bond donors (Lipinski definition) is 1. The lowest BCUT2D eigenvalue weighted by atomic mass is 9.49. The molecule has 4 saturated carbocycles. The monoisotopic (exact) mass is 463 g/mol. The van der Waals surface area contributed by atoms with Gasteiger partial charge in [-0.2, -0.15) is 0 Å². The third kappa shape index (κ3) is 5.02. The standard InChI is InChI=1S/C25H36N2O4.ClH/c1-29-23-14-21(3-4-22(23)31-8-2-5-27-6-9-30-10-7-27)26-24(28)25-15-18-11-19(16-25)13-20(12-18)17-25;/h3-4,14,18-20H,2,5-13,15-17H2,1H3,(H,26,28);1H/p-1. The summed E-state index contributed by atoms with van der Waals surface area (Å²) in [5.41, 5.74) is 0.662. The number of hydrogen-bond acceptors (Lipinski definition) is 5. The molecule has 1 aromatic carbocycles. The summed E-state index contributed by atoms with van der Waals surface area (Å²) in [5.74, 6) is 3.92. The van der Waals surface area contributed by atoms with Gasteiger partial charge in [-0.25, -0.2) is 0 Å². The van der Waals surface area contributed by atoms with Gasteiger partial charge in [0.05, 0.1) is 32.3 Å². The Bertz CT molecular complexity index is 761. The lowest BCUT2D eigenvalue weighted by Gasteiger charge is -2.55. The molecular formula is C25H36ClN2O4-. The summed E-state index contributed by atoms with van der Waals surface area (Å²) >= 11 is 0. The molecule has 1 aromatic rings. The van der Waals surface area contributed by atoms with Crippen molar-refractivity contribution in [2.24, 2.45) is 23.2 Å². The van der Waals surface area contributed by atoms with Gasteiger partial charge in [-0.1, -0.05) is 0 Å². The van der Waals surface area contributed by atoms with Crippen molar-refractivity contribution in [3.05, 3.63) is 18.2 Å². The minimum Gasteiger partial charge on any atom is -1.00 e. The van der Waals surface area contributed by atoms with Gasteiger partial charge in [0, 0.05) is 31.4 Å². The molecule has 7 heteroatoms. The van der Waals surface area contributed by atoms with Gasteiger partial charge in [0.25, 0.3) is 0 Å². The molecule has 6 nitrogen and oxygen atoms in total. The van der Waals surface area contributed by atoms with Crippen molar-refractivity contribution in [1.82, 2.24) is 4.90 Å². The highest BCUT2D eigenvalue weighted by atomic mass is 35.5. The summed E-state index contributed by atoms with van der Waals surface area (Å²) < 4.78 is 16.9. The van der Waals surface area contributed by atoms with E-state index in [0.29, 0.717) is 12.4 Å². The quantitative estimate of drug-likeness (QED) is 0.582. The molecule has 1 N–H and O–H groups in total. The summed E-state index contributed by atoms with van der Waals surface area (Å²) in [6.07, 6.45) is 8.23. The van der Waals surface area contributed by atoms with E-state index in [2.05, 4.69) is 10.2 Å². The number of rotatable bonds is 8. The lowest BCUT2D eigenvalue weighted by molar-refractivity contribution is -0.140. The van der Waals surface area contributed by atoms with Gasteiger partial charge in [0.2, 0.25) is 5.91 Å². The van der Waals surface area contributed by atoms with Gasteiger partial charge >= 0.3 is 0 Å². The van der Waals surface area contributed by atoms with Crippen LogP contribution in [0.3, 0.4) is 0 Å². The van der Waals surface area contributed by atoms with Crippen LogP contribution in [0.1, 0.15) is 44.9 Å². The van der Waals surface area contributed by atoms with Crippen molar-refractivity contribution in [1.29, 1.82) is 0 Å². The second kappa shape index (κ2) is 10.2. The number of morpholine rings is 1. The molecule has 32 heavy (non-hydrogen) atoms. The molecular weight excluding hydrogens is 428 g/mol. The van der Waals surface area contributed by atoms with Gasteiger partial charge in [0.15, 0.2) is 11.5 Å². The Morgan fingerprint density at radius 2 is 1.75 bits per heavy atom. The smallest absolute Gasteiger partial charge is 0.230 e. The van der Waals surface area contributed by atoms with Crippen LogP contribution in [0, 0.1) is 23.2 Å². The first-order chi connectivity index (χ1) is 15.1. The molecule has 4 aliphatic carbocycles. The number of benzene rings is 1. The minimum absolute atomic E-state index is 0. The Morgan fingerprint density at radius 1 is 1.09 bits per heavy atom. The molecule has 1 amide bonds. The first kappa shape index (κ1) is 23.7. The Kier molecular flexibility index (Phi) is 7.53. The molecule has 1 aliphatic heterocycles. The second-order valence-electron chi connectivity index (χ2n) is 10.2. The van der Waals surface area contributed by atoms with Crippen LogP contribution in [0.2, 0.25) is 0 Å². The average molecular weight is 464 g/mol. The number of methoxy groups -OCH3 is 1. The normalized spacial score (nSPS) is 31.1. The van der Waals surface area contributed by atoms with Crippen LogP contribution in [-0.2, 0) is 9.53 Å². The molecule has 0 atom stereocenters. The fraction of sp³-hybridized carbons (Fsp3) is 0.720. The molecule has 178 valence electrons. The zero-order valence-corrected chi connectivity index (χ0v) is 19.9. The third-order valence-electron chi connectivity index (χ3n) is 7.92. The van der Waals surface area contributed by atoms with Crippen molar-refractivity contribution < 1.29 is 31.4 Å². The highest BCUT2D eigenvalue weighted by Gasteiger charge is 2.54. The molecule has 0 unspecified atom stereocenters. The molecule has 0 spiro atoms. The van der Waals surface area contributed by atoms with E-state index in [0.717, 1.165) is 87.7 Å². The maximum absolute atomic E-state index is 13.3. The van der Waals surface area contributed by atoms with Crippen LogP contribution in [0.5, 0.6) is 11.5 Å². The summed E-state index contributed by atoms with van der Waals surface area (Å²) in [7, 11) is 1.65. The maximum atomic E-state index is 13.3. The number of nitrogens with zero attached hydrogens (tertiary/aromatic N) is 1. The van der Waals surface area contributed by atoms with Crippen LogP contribution >= 0.6 is 0 Å². The van der Waals surface area contributed by atoms with E-state index >= 15 is 0 Å². The number of carbonyl (C=O) groups is 1. The zero-order valence-electron chi connectivity index (χ0n) is 19.1. The van der Waals surface area contributed by atoms with Crippen molar-refractivity contribution in [3.63, 3.8) is 0 Å². The van der Waals surface area contributed by atoms with Crippen LogP contribution in [0.4, 0.5) is 5.69 Å². The summed E-state index contributed by atoms with van der Waals surface area (Å²) in [4.78, 5) is 15.7. The molecule has 6 rings (SSSR count). The van der Waals surface area contributed by atoms with E-state index < -0.39 is 0 Å². The Balaban J connectivity index is 0.00000245. The van der Waals surface area contributed by atoms with Crippen molar-refractivity contribution >= 4 is 11.6 Å². The topological polar surface area (TPSA) is 60.0 Å². The Hall–Kier alpha value is -1.50.